The van der Waals surface area contributed by atoms with E-state index in [1.54, 1.807) is 7.11 Å². The molecule has 0 bridgehead atoms. The van der Waals surface area contributed by atoms with E-state index < -0.39 is 11.5 Å². The molecular formula is C20H30N2O4. The molecule has 3 N–H and O–H groups in total. The van der Waals surface area contributed by atoms with Gasteiger partial charge in [-0.2, -0.15) is 0 Å². The Morgan fingerprint density at radius 3 is 2.73 bits per heavy atom. The zero-order valence-corrected chi connectivity index (χ0v) is 15.5. The molecule has 1 saturated carbocycles. The molecule has 1 amide bonds. The summed E-state index contributed by atoms with van der Waals surface area (Å²) in [5.74, 6) is 0.765. The average Bonchev–Trinajstić information content (AvgIpc) is 3.14. The Morgan fingerprint density at radius 2 is 2.08 bits per heavy atom. The van der Waals surface area contributed by atoms with Crippen molar-refractivity contribution in [2.45, 2.75) is 50.7 Å². The van der Waals surface area contributed by atoms with Gasteiger partial charge in [0.25, 0.3) is 0 Å². The molecule has 0 spiro atoms. The van der Waals surface area contributed by atoms with Gasteiger partial charge in [-0.15, -0.1) is 0 Å². The number of carbonyl (C=O) groups excluding carboxylic acids is 1. The van der Waals surface area contributed by atoms with Crippen LogP contribution in [0.15, 0.2) is 24.3 Å². The summed E-state index contributed by atoms with van der Waals surface area (Å²) < 4.78 is 11.1. The molecule has 0 aromatic heterocycles. The Balaban J connectivity index is 1.58. The standard InChI is InChI=1S/C20H30N2O4/c1-25-13-11-20(10-12-21-14-20)19(24)22-15-6-8-16(9-7-15)26-18-5-3-2-4-17(18)23/h6-9,17-18,21,23H,2-5,10-14H2,1H3,(H,22,24). The van der Waals surface area contributed by atoms with E-state index in [9.17, 15) is 9.90 Å². The van der Waals surface area contributed by atoms with Crippen LogP contribution in [0.4, 0.5) is 5.69 Å². The summed E-state index contributed by atoms with van der Waals surface area (Å²) in [7, 11) is 1.66. The maximum atomic E-state index is 12.8. The van der Waals surface area contributed by atoms with Crippen molar-refractivity contribution in [2.24, 2.45) is 5.41 Å². The van der Waals surface area contributed by atoms with E-state index in [2.05, 4.69) is 10.6 Å². The Bertz CT molecular complexity index is 584. The van der Waals surface area contributed by atoms with Gasteiger partial charge < -0.3 is 25.2 Å². The van der Waals surface area contributed by atoms with Gasteiger partial charge in [-0.1, -0.05) is 6.42 Å². The lowest BCUT2D eigenvalue weighted by molar-refractivity contribution is -0.125. The highest BCUT2D eigenvalue weighted by Crippen LogP contribution is 2.32. The number of carbonyl (C=O) groups is 1. The quantitative estimate of drug-likeness (QED) is 0.694. The zero-order valence-electron chi connectivity index (χ0n) is 15.5. The van der Waals surface area contributed by atoms with Gasteiger partial charge in [-0.25, -0.2) is 0 Å². The number of nitrogens with one attached hydrogen (secondary N) is 2. The van der Waals surface area contributed by atoms with Crippen molar-refractivity contribution < 1.29 is 19.4 Å². The largest absolute Gasteiger partial charge is 0.488 e. The third-order valence-electron chi connectivity index (χ3n) is 5.58. The number of benzene rings is 1. The van der Waals surface area contributed by atoms with Crippen molar-refractivity contribution in [1.82, 2.24) is 5.32 Å². The summed E-state index contributed by atoms with van der Waals surface area (Å²) in [6.45, 7) is 2.11. The second-order valence-electron chi connectivity index (χ2n) is 7.44. The fourth-order valence-corrected chi connectivity index (χ4v) is 3.83. The Labute approximate surface area is 155 Å². The van der Waals surface area contributed by atoms with Crippen molar-refractivity contribution in [3.05, 3.63) is 24.3 Å². The summed E-state index contributed by atoms with van der Waals surface area (Å²) >= 11 is 0. The van der Waals surface area contributed by atoms with Gasteiger partial charge in [-0.3, -0.25) is 4.79 Å². The molecule has 1 saturated heterocycles. The molecule has 6 heteroatoms. The van der Waals surface area contributed by atoms with Gasteiger partial charge in [0.15, 0.2) is 0 Å². The number of methoxy groups -OCH3 is 1. The van der Waals surface area contributed by atoms with E-state index in [1.165, 1.54) is 0 Å². The first-order valence-corrected chi connectivity index (χ1v) is 9.59. The minimum absolute atomic E-state index is 0.0379. The van der Waals surface area contributed by atoms with Crippen molar-refractivity contribution >= 4 is 11.6 Å². The SMILES string of the molecule is COCCC1(C(=O)Nc2ccc(OC3CCCCC3O)cc2)CCNC1. The molecular weight excluding hydrogens is 332 g/mol. The number of aliphatic hydroxyl groups is 1. The van der Waals surface area contributed by atoms with Crippen molar-refractivity contribution in [3.8, 4) is 5.75 Å². The maximum absolute atomic E-state index is 12.8. The van der Waals surface area contributed by atoms with Crippen LogP contribution in [0.3, 0.4) is 0 Å². The fraction of sp³-hybridized carbons (Fsp3) is 0.650. The van der Waals surface area contributed by atoms with E-state index in [1.807, 2.05) is 24.3 Å². The molecule has 6 nitrogen and oxygen atoms in total. The first kappa shape index (κ1) is 19.1. The molecule has 1 heterocycles. The number of rotatable bonds is 7. The fourth-order valence-electron chi connectivity index (χ4n) is 3.83. The van der Waals surface area contributed by atoms with Crippen molar-refractivity contribution in [3.63, 3.8) is 0 Å². The molecule has 2 aliphatic rings. The minimum atomic E-state index is -0.405. The molecule has 2 fully saturated rings. The van der Waals surface area contributed by atoms with Crippen LogP contribution < -0.4 is 15.4 Å². The molecule has 144 valence electrons. The molecule has 1 aliphatic heterocycles. The number of hydrogen-bond donors (Lipinski definition) is 3. The van der Waals surface area contributed by atoms with Crippen LogP contribution in [0.5, 0.6) is 5.75 Å². The Morgan fingerprint density at radius 1 is 1.31 bits per heavy atom. The van der Waals surface area contributed by atoms with Crippen LogP contribution >= 0.6 is 0 Å². The molecule has 3 unspecified atom stereocenters. The molecule has 3 rings (SSSR count). The Hall–Kier alpha value is -1.63. The third kappa shape index (κ3) is 4.55. The van der Waals surface area contributed by atoms with Crippen LogP contribution in [0.25, 0.3) is 0 Å². The third-order valence-corrected chi connectivity index (χ3v) is 5.58. The van der Waals surface area contributed by atoms with Crippen molar-refractivity contribution in [1.29, 1.82) is 0 Å². The predicted octanol–water partition coefficient (Wildman–Crippen LogP) is 2.32. The normalized spacial score (nSPS) is 28.7. The average molecular weight is 362 g/mol. The predicted molar refractivity (Wildman–Crippen MR) is 100 cm³/mol. The maximum Gasteiger partial charge on any atom is 0.232 e. The van der Waals surface area contributed by atoms with Crippen LogP contribution in [-0.2, 0) is 9.53 Å². The molecule has 1 aromatic carbocycles. The van der Waals surface area contributed by atoms with Crippen LogP contribution in [0.1, 0.15) is 38.5 Å². The van der Waals surface area contributed by atoms with E-state index in [0.29, 0.717) is 19.6 Å². The van der Waals surface area contributed by atoms with E-state index in [0.717, 1.165) is 50.1 Å². The highest BCUT2D eigenvalue weighted by Gasteiger charge is 2.40. The summed E-state index contributed by atoms with van der Waals surface area (Å²) in [6.07, 6.45) is 4.85. The zero-order chi connectivity index (χ0) is 18.4. The van der Waals surface area contributed by atoms with Gasteiger partial charge in [0, 0.05) is 25.9 Å². The highest BCUT2D eigenvalue weighted by molar-refractivity contribution is 5.95. The minimum Gasteiger partial charge on any atom is -0.488 e. The molecule has 1 aliphatic carbocycles. The van der Waals surface area contributed by atoms with Gasteiger partial charge in [0.05, 0.1) is 11.5 Å². The van der Waals surface area contributed by atoms with E-state index in [4.69, 9.17) is 9.47 Å². The second-order valence-corrected chi connectivity index (χ2v) is 7.44. The molecule has 1 aromatic rings. The van der Waals surface area contributed by atoms with Crippen LogP contribution in [-0.4, -0.2) is 50.0 Å². The number of ether oxygens (including phenoxy) is 2. The first-order valence-electron chi connectivity index (χ1n) is 9.59. The smallest absolute Gasteiger partial charge is 0.232 e. The van der Waals surface area contributed by atoms with Crippen LogP contribution in [0.2, 0.25) is 0 Å². The van der Waals surface area contributed by atoms with Gasteiger partial charge in [0.1, 0.15) is 11.9 Å². The monoisotopic (exact) mass is 362 g/mol. The van der Waals surface area contributed by atoms with Crippen molar-refractivity contribution in [2.75, 3.05) is 32.1 Å². The second kappa shape index (κ2) is 8.84. The summed E-state index contributed by atoms with van der Waals surface area (Å²) in [4.78, 5) is 12.8. The summed E-state index contributed by atoms with van der Waals surface area (Å²) in [5, 5.41) is 16.3. The summed E-state index contributed by atoms with van der Waals surface area (Å²) in [6, 6.07) is 7.42. The number of aliphatic hydroxyl groups excluding tert-OH is 1. The molecule has 0 radical (unpaired) electrons. The number of anilines is 1. The van der Waals surface area contributed by atoms with E-state index in [-0.39, 0.29) is 12.0 Å². The van der Waals surface area contributed by atoms with E-state index >= 15 is 0 Å². The number of amides is 1. The topological polar surface area (TPSA) is 79.8 Å². The van der Waals surface area contributed by atoms with Crippen LogP contribution in [0, 0.1) is 5.41 Å². The molecule has 26 heavy (non-hydrogen) atoms. The molecule has 3 atom stereocenters. The van der Waals surface area contributed by atoms with Gasteiger partial charge in [-0.05, 0) is 62.9 Å². The Kier molecular flexibility index (Phi) is 6.51. The number of hydrogen-bond acceptors (Lipinski definition) is 5. The lowest BCUT2D eigenvalue weighted by Gasteiger charge is -2.28. The lowest BCUT2D eigenvalue weighted by atomic mass is 9.82. The lowest BCUT2D eigenvalue weighted by Crippen LogP contribution is -2.39. The van der Waals surface area contributed by atoms with Gasteiger partial charge in [0.2, 0.25) is 5.91 Å². The first-order chi connectivity index (χ1) is 12.6. The summed E-state index contributed by atoms with van der Waals surface area (Å²) in [5.41, 5.74) is 0.354. The highest BCUT2D eigenvalue weighted by atomic mass is 16.5. The van der Waals surface area contributed by atoms with Gasteiger partial charge >= 0.3 is 0 Å².